The first-order valence-electron chi connectivity index (χ1n) is 6.04. The van der Waals surface area contributed by atoms with Gasteiger partial charge in [0.1, 0.15) is 0 Å². The standard InChI is InChI=1S/C13H20ClN3/c1-9-5-13(12(15)6-11(9)14)16-7-10-3-4-17(2)8-10/h5-6,10,16H,3-4,7-8,15H2,1-2H3. The Labute approximate surface area is 108 Å². The molecule has 1 unspecified atom stereocenters. The van der Waals surface area contributed by atoms with Crippen molar-refractivity contribution in [3.05, 3.63) is 22.7 Å². The number of likely N-dealkylation sites (tertiary alicyclic amines) is 1. The van der Waals surface area contributed by atoms with Gasteiger partial charge in [0.15, 0.2) is 0 Å². The van der Waals surface area contributed by atoms with Crippen LogP contribution in [0.15, 0.2) is 12.1 Å². The fourth-order valence-electron chi connectivity index (χ4n) is 2.30. The van der Waals surface area contributed by atoms with Gasteiger partial charge in [-0.2, -0.15) is 0 Å². The van der Waals surface area contributed by atoms with Gasteiger partial charge in [0.2, 0.25) is 0 Å². The van der Waals surface area contributed by atoms with Crippen molar-refractivity contribution < 1.29 is 0 Å². The fourth-order valence-corrected chi connectivity index (χ4v) is 2.47. The molecule has 1 aromatic rings. The molecule has 0 aliphatic carbocycles. The lowest BCUT2D eigenvalue weighted by Crippen LogP contribution is -2.19. The number of nitrogen functional groups attached to an aromatic ring is 1. The molecular formula is C13H20ClN3. The van der Waals surface area contributed by atoms with Gasteiger partial charge in [-0.3, -0.25) is 0 Å². The van der Waals surface area contributed by atoms with Crippen LogP contribution >= 0.6 is 11.6 Å². The zero-order valence-corrected chi connectivity index (χ0v) is 11.2. The van der Waals surface area contributed by atoms with E-state index < -0.39 is 0 Å². The molecule has 4 heteroatoms. The summed E-state index contributed by atoms with van der Waals surface area (Å²) in [5.74, 6) is 0.718. The maximum Gasteiger partial charge on any atom is 0.0577 e. The van der Waals surface area contributed by atoms with Crippen molar-refractivity contribution in [2.45, 2.75) is 13.3 Å². The second-order valence-electron chi connectivity index (χ2n) is 4.99. The number of nitrogens with two attached hydrogens (primary N) is 1. The number of nitrogens with zero attached hydrogens (tertiary/aromatic N) is 1. The first kappa shape index (κ1) is 12.5. The molecule has 3 nitrogen and oxygen atoms in total. The van der Waals surface area contributed by atoms with Crippen molar-refractivity contribution >= 4 is 23.0 Å². The summed E-state index contributed by atoms with van der Waals surface area (Å²) in [5, 5.41) is 4.16. The molecule has 1 aromatic carbocycles. The van der Waals surface area contributed by atoms with Gasteiger partial charge in [-0.25, -0.2) is 0 Å². The SMILES string of the molecule is Cc1cc(NCC2CCN(C)C2)c(N)cc1Cl. The van der Waals surface area contributed by atoms with Crippen LogP contribution in [0.25, 0.3) is 0 Å². The van der Waals surface area contributed by atoms with Crippen molar-refractivity contribution in [2.24, 2.45) is 5.92 Å². The van der Waals surface area contributed by atoms with Crippen LogP contribution in [0.1, 0.15) is 12.0 Å². The minimum atomic E-state index is 0.718. The number of halogens is 1. The number of benzene rings is 1. The topological polar surface area (TPSA) is 41.3 Å². The molecule has 2 rings (SSSR count). The second-order valence-corrected chi connectivity index (χ2v) is 5.39. The van der Waals surface area contributed by atoms with E-state index in [0.29, 0.717) is 0 Å². The summed E-state index contributed by atoms with van der Waals surface area (Å²) in [5.41, 5.74) is 8.74. The number of anilines is 2. The highest BCUT2D eigenvalue weighted by molar-refractivity contribution is 6.31. The smallest absolute Gasteiger partial charge is 0.0577 e. The third kappa shape index (κ3) is 3.05. The fraction of sp³-hybridized carbons (Fsp3) is 0.538. The van der Waals surface area contributed by atoms with E-state index in [-0.39, 0.29) is 0 Å². The lowest BCUT2D eigenvalue weighted by Gasteiger charge is -2.15. The van der Waals surface area contributed by atoms with Crippen LogP contribution in [0.2, 0.25) is 5.02 Å². The minimum absolute atomic E-state index is 0.718. The quantitative estimate of drug-likeness (QED) is 0.814. The van der Waals surface area contributed by atoms with Crippen LogP contribution in [-0.4, -0.2) is 31.6 Å². The summed E-state index contributed by atoms with van der Waals surface area (Å²) in [6, 6.07) is 3.84. The minimum Gasteiger partial charge on any atom is -0.397 e. The van der Waals surface area contributed by atoms with Gasteiger partial charge in [0, 0.05) is 18.1 Å². The van der Waals surface area contributed by atoms with Crippen molar-refractivity contribution in [2.75, 3.05) is 37.7 Å². The summed E-state index contributed by atoms with van der Waals surface area (Å²) in [4.78, 5) is 2.36. The average Bonchev–Trinajstić information content (AvgIpc) is 2.68. The number of hydrogen-bond donors (Lipinski definition) is 2. The first-order chi connectivity index (χ1) is 8.06. The van der Waals surface area contributed by atoms with Gasteiger partial charge >= 0.3 is 0 Å². The van der Waals surface area contributed by atoms with Crippen LogP contribution in [0.5, 0.6) is 0 Å². The number of aryl methyl sites for hydroxylation is 1. The normalized spacial score (nSPS) is 20.8. The van der Waals surface area contributed by atoms with Crippen molar-refractivity contribution in [1.82, 2.24) is 4.90 Å². The van der Waals surface area contributed by atoms with Crippen molar-refractivity contribution in [3.8, 4) is 0 Å². The lowest BCUT2D eigenvalue weighted by molar-refractivity contribution is 0.399. The molecule has 0 amide bonds. The van der Waals surface area contributed by atoms with Crippen molar-refractivity contribution in [3.63, 3.8) is 0 Å². The molecule has 1 aliphatic rings. The third-order valence-corrected chi connectivity index (χ3v) is 3.81. The van der Waals surface area contributed by atoms with Gasteiger partial charge in [-0.15, -0.1) is 0 Å². The van der Waals surface area contributed by atoms with Crippen LogP contribution in [-0.2, 0) is 0 Å². The predicted octanol–water partition coefficient (Wildman–Crippen LogP) is 2.59. The summed E-state index contributed by atoms with van der Waals surface area (Å²) in [6.45, 7) is 5.34. The highest BCUT2D eigenvalue weighted by Crippen LogP contribution is 2.27. The number of nitrogens with one attached hydrogen (secondary N) is 1. The molecule has 1 saturated heterocycles. The van der Waals surface area contributed by atoms with E-state index in [4.69, 9.17) is 17.3 Å². The summed E-state index contributed by atoms with van der Waals surface area (Å²) >= 11 is 6.02. The molecule has 0 spiro atoms. The Hall–Kier alpha value is -0.930. The van der Waals surface area contributed by atoms with E-state index in [1.165, 1.54) is 19.5 Å². The average molecular weight is 254 g/mol. The molecule has 1 atom stereocenters. The van der Waals surface area contributed by atoms with E-state index >= 15 is 0 Å². The van der Waals surface area contributed by atoms with Crippen LogP contribution < -0.4 is 11.1 Å². The maximum absolute atomic E-state index is 6.02. The molecule has 0 radical (unpaired) electrons. The van der Waals surface area contributed by atoms with E-state index in [9.17, 15) is 0 Å². The Balaban J connectivity index is 1.97. The molecule has 1 fully saturated rings. The number of rotatable bonds is 3. The molecule has 1 aliphatic heterocycles. The van der Waals surface area contributed by atoms with Gasteiger partial charge in [-0.05, 0) is 50.6 Å². The molecule has 17 heavy (non-hydrogen) atoms. The van der Waals surface area contributed by atoms with Gasteiger partial charge in [0.25, 0.3) is 0 Å². The van der Waals surface area contributed by atoms with Crippen LogP contribution in [0, 0.1) is 12.8 Å². The van der Waals surface area contributed by atoms with E-state index in [1.54, 1.807) is 0 Å². The predicted molar refractivity (Wildman–Crippen MR) is 74.7 cm³/mol. The second kappa shape index (κ2) is 5.15. The van der Waals surface area contributed by atoms with Gasteiger partial charge in [-0.1, -0.05) is 11.6 Å². The Morgan fingerprint density at radius 2 is 2.29 bits per heavy atom. The molecule has 3 N–H and O–H groups in total. The molecule has 0 aromatic heterocycles. The summed E-state index contributed by atoms with van der Waals surface area (Å²) in [7, 11) is 2.17. The first-order valence-corrected chi connectivity index (χ1v) is 6.42. The van der Waals surface area contributed by atoms with Gasteiger partial charge < -0.3 is 16.0 Å². The molecular weight excluding hydrogens is 234 g/mol. The molecule has 0 bridgehead atoms. The Morgan fingerprint density at radius 3 is 2.94 bits per heavy atom. The monoisotopic (exact) mass is 253 g/mol. The van der Waals surface area contributed by atoms with E-state index in [0.717, 1.165) is 34.4 Å². The van der Waals surface area contributed by atoms with Crippen molar-refractivity contribution in [1.29, 1.82) is 0 Å². The largest absolute Gasteiger partial charge is 0.397 e. The molecule has 94 valence electrons. The van der Waals surface area contributed by atoms with E-state index in [1.807, 2.05) is 19.1 Å². The van der Waals surface area contributed by atoms with Gasteiger partial charge in [0.05, 0.1) is 11.4 Å². The highest BCUT2D eigenvalue weighted by atomic mass is 35.5. The Bertz CT molecular complexity index is 406. The maximum atomic E-state index is 6.02. The third-order valence-electron chi connectivity index (χ3n) is 3.40. The summed E-state index contributed by atoms with van der Waals surface area (Å²) < 4.78 is 0. The Kier molecular flexibility index (Phi) is 3.79. The number of hydrogen-bond acceptors (Lipinski definition) is 3. The molecule has 0 saturated carbocycles. The van der Waals surface area contributed by atoms with Crippen LogP contribution in [0.3, 0.4) is 0 Å². The van der Waals surface area contributed by atoms with Crippen LogP contribution in [0.4, 0.5) is 11.4 Å². The Morgan fingerprint density at radius 1 is 1.53 bits per heavy atom. The van der Waals surface area contributed by atoms with E-state index in [2.05, 4.69) is 17.3 Å². The summed E-state index contributed by atoms with van der Waals surface area (Å²) in [6.07, 6.45) is 1.26. The highest BCUT2D eigenvalue weighted by Gasteiger charge is 2.19. The zero-order valence-electron chi connectivity index (χ0n) is 10.5. The molecule has 1 heterocycles. The zero-order chi connectivity index (χ0) is 12.4. The lowest BCUT2D eigenvalue weighted by atomic mass is 10.1.